The van der Waals surface area contributed by atoms with Crippen LogP contribution in [0.5, 0.6) is 0 Å². The molecule has 0 aliphatic rings. The van der Waals surface area contributed by atoms with E-state index in [1.165, 1.54) is 0 Å². The van der Waals surface area contributed by atoms with Crippen molar-refractivity contribution in [1.82, 2.24) is 14.4 Å². The van der Waals surface area contributed by atoms with Crippen molar-refractivity contribution in [3.8, 4) is 0 Å². The third kappa shape index (κ3) is 2.46. The minimum absolute atomic E-state index is 0.211. The number of aromatic nitrogens is 2. The molecule has 0 spiro atoms. The Hall–Kier alpha value is -2.01. The number of nitrogens with two attached hydrogens (primary N) is 2. The molecule has 0 aliphatic heterocycles. The van der Waals surface area contributed by atoms with Crippen molar-refractivity contribution in [3.63, 3.8) is 0 Å². The SMILES string of the molecule is Cc1cn2cc(/C(N)=C/N(N)C(C)C)ccc2n1. The van der Waals surface area contributed by atoms with Crippen LogP contribution in [0.25, 0.3) is 11.3 Å². The summed E-state index contributed by atoms with van der Waals surface area (Å²) in [6.45, 7) is 5.98. The van der Waals surface area contributed by atoms with Gasteiger partial charge in [0.15, 0.2) is 0 Å². The molecule has 4 N–H and O–H groups in total. The molecule has 0 fully saturated rings. The van der Waals surface area contributed by atoms with Gasteiger partial charge in [-0.25, -0.2) is 10.8 Å². The first-order valence-electron chi connectivity index (χ1n) is 5.93. The second-order valence-electron chi connectivity index (χ2n) is 4.69. The van der Waals surface area contributed by atoms with Crippen LogP contribution in [-0.4, -0.2) is 20.4 Å². The van der Waals surface area contributed by atoms with Gasteiger partial charge in [-0.2, -0.15) is 0 Å². The third-order valence-electron chi connectivity index (χ3n) is 2.79. The minimum Gasteiger partial charge on any atom is -0.397 e. The maximum absolute atomic E-state index is 6.04. The van der Waals surface area contributed by atoms with E-state index in [2.05, 4.69) is 4.98 Å². The Morgan fingerprint density at radius 2 is 2.11 bits per heavy atom. The zero-order valence-electron chi connectivity index (χ0n) is 11.0. The van der Waals surface area contributed by atoms with Crippen LogP contribution in [0, 0.1) is 6.92 Å². The Labute approximate surface area is 107 Å². The predicted molar refractivity (Wildman–Crippen MR) is 73.3 cm³/mol. The lowest BCUT2D eigenvalue weighted by Gasteiger charge is -2.19. The fraction of sp³-hybridized carbons (Fsp3) is 0.308. The highest BCUT2D eigenvalue weighted by molar-refractivity contribution is 5.63. The van der Waals surface area contributed by atoms with Gasteiger partial charge in [0.2, 0.25) is 0 Å². The van der Waals surface area contributed by atoms with E-state index in [1.807, 2.05) is 49.7 Å². The maximum Gasteiger partial charge on any atom is 0.136 e. The summed E-state index contributed by atoms with van der Waals surface area (Å²) in [5.74, 6) is 5.83. The number of imidazole rings is 1. The number of hydrazine groups is 1. The highest BCUT2D eigenvalue weighted by Crippen LogP contribution is 2.12. The van der Waals surface area contributed by atoms with E-state index in [4.69, 9.17) is 11.6 Å². The molecule has 96 valence electrons. The van der Waals surface area contributed by atoms with E-state index in [0.717, 1.165) is 16.9 Å². The minimum atomic E-state index is 0.211. The van der Waals surface area contributed by atoms with Crippen molar-refractivity contribution >= 4 is 11.3 Å². The molecule has 5 heteroatoms. The molecule has 0 aromatic carbocycles. The van der Waals surface area contributed by atoms with Gasteiger partial charge in [0.05, 0.1) is 11.4 Å². The smallest absolute Gasteiger partial charge is 0.136 e. The summed E-state index contributed by atoms with van der Waals surface area (Å²) < 4.78 is 1.96. The average molecular weight is 245 g/mol. The summed E-state index contributed by atoms with van der Waals surface area (Å²) in [5.41, 5.74) is 9.50. The highest BCUT2D eigenvalue weighted by atomic mass is 15.4. The zero-order valence-corrected chi connectivity index (χ0v) is 11.0. The van der Waals surface area contributed by atoms with Crippen LogP contribution in [0.15, 0.2) is 30.7 Å². The molecular weight excluding hydrogens is 226 g/mol. The molecule has 0 amide bonds. The van der Waals surface area contributed by atoms with Gasteiger partial charge in [-0.3, -0.25) is 0 Å². The first-order valence-corrected chi connectivity index (χ1v) is 5.93. The lowest BCUT2D eigenvalue weighted by molar-refractivity contribution is 0.324. The van der Waals surface area contributed by atoms with Crippen LogP contribution < -0.4 is 11.6 Å². The van der Waals surface area contributed by atoms with E-state index in [1.54, 1.807) is 11.2 Å². The van der Waals surface area contributed by atoms with E-state index in [-0.39, 0.29) is 6.04 Å². The first-order chi connectivity index (χ1) is 8.47. The first kappa shape index (κ1) is 12.4. The number of rotatable bonds is 3. The molecule has 2 heterocycles. The molecule has 2 aromatic heterocycles. The number of hydrogen-bond donors (Lipinski definition) is 2. The number of fused-ring (bicyclic) bond motifs is 1. The Kier molecular flexibility index (Phi) is 3.25. The van der Waals surface area contributed by atoms with Crippen LogP contribution >= 0.6 is 0 Å². The number of nitrogens with zero attached hydrogens (tertiary/aromatic N) is 3. The Bertz CT molecular complexity index is 582. The van der Waals surface area contributed by atoms with E-state index in [0.29, 0.717) is 5.70 Å². The van der Waals surface area contributed by atoms with Gasteiger partial charge in [-0.1, -0.05) is 0 Å². The quantitative estimate of drug-likeness (QED) is 0.634. The molecule has 0 saturated carbocycles. The summed E-state index contributed by atoms with van der Waals surface area (Å²) in [6.07, 6.45) is 5.67. The molecule has 0 saturated heterocycles. The molecule has 5 nitrogen and oxygen atoms in total. The van der Waals surface area contributed by atoms with Gasteiger partial charge >= 0.3 is 0 Å². The van der Waals surface area contributed by atoms with Gasteiger partial charge < -0.3 is 15.1 Å². The summed E-state index contributed by atoms with van der Waals surface area (Å²) in [6, 6.07) is 4.10. The normalized spacial score (nSPS) is 12.4. The zero-order chi connectivity index (χ0) is 13.3. The fourth-order valence-electron chi connectivity index (χ4n) is 1.67. The molecule has 18 heavy (non-hydrogen) atoms. The molecule has 0 aliphatic carbocycles. The summed E-state index contributed by atoms with van der Waals surface area (Å²) in [4.78, 5) is 4.37. The predicted octanol–water partition coefficient (Wildman–Crippen LogP) is 1.48. The topological polar surface area (TPSA) is 72.6 Å². The van der Waals surface area contributed by atoms with Crippen molar-refractivity contribution in [2.75, 3.05) is 0 Å². The molecule has 2 rings (SSSR count). The largest absolute Gasteiger partial charge is 0.397 e. The Balaban J connectivity index is 2.35. The average Bonchev–Trinajstić information content (AvgIpc) is 2.67. The van der Waals surface area contributed by atoms with Crippen LogP contribution in [0.3, 0.4) is 0 Å². The number of pyridine rings is 1. The van der Waals surface area contributed by atoms with Crippen molar-refractivity contribution in [3.05, 3.63) is 42.0 Å². The lowest BCUT2D eigenvalue weighted by Crippen LogP contribution is -2.32. The Morgan fingerprint density at radius 1 is 1.39 bits per heavy atom. The molecule has 2 aromatic rings. The number of hydrogen-bond acceptors (Lipinski definition) is 4. The highest BCUT2D eigenvalue weighted by Gasteiger charge is 2.04. The third-order valence-corrected chi connectivity index (χ3v) is 2.79. The van der Waals surface area contributed by atoms with Crippen LogP contribution in [-0.2, 0) is 0 Å². The molecule has 0 radical (unpaired) electrons. The van der Waals surface area contributed by atoms with Crippen LogP contribution in [0.2, 0.25) is 0 Å². The van der Waals surface area contributed by atoms with E-state index in [9.17, 15) is 0 Å². The lowest BCUT2D eigenvalue weighted by atomic mass is 10.2. The van der Waals surface area contributed by atoms with Crippen molar-refractivity contribution in [2.24, 2.45) is 11.6 Å². The van der Waals surface area contributed by atoms with Gasteiger partial charge in [0.1, 0.15) is 5.65 Å². The standard InChI is InChI=1S/C13H19N5/c1-9(2)18(15)8-12(14)11-4-5-13-16-10(3)6-17(13)7-11/h4-9H,14-15H2,1-3H3/b12-8-. The molecule has 0 bridgehead atoms. The van der Waals surface area contributed by atoms with Crippen molar-refractivity contribution < 1.29 is 0 Å². The second kappa shape index (κ2) is 4.70. The van der Waals surface area contributed by atoms with Crippen molar-refractivity contribution in [2.45, 2.75) is 26.8 Å². The molecule has 0 unspecified atom stereocenters. The number of aryl methyl sites for hydroxylation is 1. The van der Waals surface area contributed by atoms with Gasteiger partial charge in [0.25, 0.3) is 0 Å². The van der Waals surface area contributed by atoms with E-state index < -0.39 is 0 Å². The van der Waals surface area contributed by atoms with Gasteiger partial charge in [-0.05, 0) is 32.9 Å². The second-order valence-corrected chi connectivity index (χ2v) is 4.69. The van der Waals surface area contributed by atoms with Gasteiger partial charge in [0, 0.05) is 30.2 Å². The van der Waals surface area contributed by atoms with E-state index >= 15 is 0 Å². The van der Waals surface area contributed by atoms with Crippen molar-refractivity contribution in [1.29, 1.82) is 0 Å². The van der Waals surface area contributed by atoms with Crippen LogP contribution in [0.1, 0.15) is 25.1 Å². The fourth-order valence-corrected chi connectivity index (χ4v) is 1.67. The summed E-state index contributed by atoms with van der Waals surface area (Å²) in [5, 5.41) is 1.60. The summed E-state index contributed by atoms with van der Waals surface area (Å²) in [7, 11) is 0. The Morgan fingerprint density at radius 3 is 2.78 bits per heavy atom. The monoisotopic (exact) mass is 245 g/mol. The van der Waals surface area contributed by atoms with Crippen LogP contribution in [0.4, 0.5) is 0 Å². The summed E-state index contributed by atoms with van der Waals surface area (Å²) >= 11 is 0. The van der Waals surface area contributed by atoms with Gasteiger partial charge in [-0.15, -0.1) is 0 Å². The maximum atomic E-state index is 6.04. The molecular formula is C13H19N5. The molecule has 0 atom stereocenters.